The first-order valence-electron chi connectivity index (χ1n) is 7.01. The van der Waals surface area contributed by atoms with E-state index in [1.54, 1.807) is 18.2 Å². The van der Waals surface area contributed by atoms with Crippen LogP contribution in [0.25, 0.3) is 0 Å². The molecule has 21 heavy (non-hydrogen) atoms. The lowest BCUT2D eigenvalue weighted by molar-refractivity contribution is -0.116. The maximum absolute atomic E-state index is 12.0. The van der Waals surface area contributed by atoms with Gasteiger partial charge < -0.3 is 5.32 Å². The molecule has 0 bridgehead atoms. The molecule has 0 atom stereocenters. The summed E-state index contributed by atoms with van der Waals surface area (Å²) in [5, 5.41) is 2.81. The molecule has 108 valence electrons. The Morgan fingerprint density at radius 2 is 1.67 bits per heavy atom. The number of rotatable bonds is 5. The monoisotopic (exact) mass is 281 g/mol. The highest BCUT2D eigenvalue weighted by Crippen LogP contribution is 2.16. The second-order valence-corrected chi connectivity index (χ2v) is 5.14. The van der Waals surface area contributed by atoms with Crippen molar-refractivity contribution in [2.75, 3.05) is 5.32 Å². The van der Waals surface area contributed by atoms with Crippen molar-refractivity contribution in [2.45, 2.75) is 26.7 Å². The Kier molecular flexibility index (Phi) is 4.88. The van der Waals surface area contributed by atoms with Crippen LogP contribution in [0, 0.1) is 6.92 Å². The third kappa shape index (κ3) is 4.28. The molecule has 0 saturated carbocycles. The average Bonchev–Trinajstić information content (AvgIpc) is 2.47. The fraction of sp³-hybridized carbons (Fsp3) is 0.222. The quantitative estimate of drug-likeness (QED) is 0.848. The van der Waals surface area contributed by atoms with E-state index < -0.39 is 0 Å². The first kappa shape index (κ1) is 15.0. The van der Waals surface area contributed by atoms with Crippen LogP contribution in [0.2, 0.25) is 0 Å². The number of amides is 1. The van der Waals surface area contributed by atoms with Crippen LogP contribution >= 0.6 is 0 Å². The van der Waals surface area contributed by atoms with E-state index in [0.717, 1.165) is 5.56 Å². The maximum Gasteiger partial charge on any atom is 0.224 e. The van der Waals surface area contributed by atoms with Gasteiger partial charge in [-0.3, -0.25) is 9.59 Å². The molecule has 0 aliphatic heterocycles. The molecule has 0 aliphatic rings. The number of anilines is 1. The summed E-state index contributed by atoms with van der Waals surface area (Å²) in [6.45, 7) is 3.53. The van der Waals surface area contributed by atoms with E-state index in [9.17, 15) is 9.59 Å². The lowest BCUT2D eigenvalue weighted by Gasteiger charge is -2.09. The van der Waals surface area contributed by atoms with Crippen molar-refractivity contribution in [1.29, 1.82) is 0 Å². The van der Waals surface area contributed by atoms with Crippen LogP contribution < -0.4 is 5.32 Å². The minimum absolute atomic E-state index is 0.0514. The summed E-state index contributed by atoms with van der Waals surface area (Å²) in [7, 11) is 0. The number of aryl methyl sites for hydroxylation is 2. The minimum atomic E-state index is -0.0794. The molecule has 0 saturated heterocycles. The van der Waals surface area contributed by atoms with Crippen LogP contribution in [0.3, 0.4) is 0 Å². The SMILES string of the molecule is CC(=O)c1ccccc1NC(=O)CCc1ccc(C)cc1. The number of benzene rings is 2. The normalized spacial score (nSPS) is 10.2. The van der Waals surface area contributed by atoms with E-state index in [-0.39, 0.29) is 11.7 Å². The van der Waals surface area contributed by atoms with Gasteiger partial charge in [0.15, 0.2) is 5.78 Å². The van der Waals surface area contributed by atoms with Gasteiger partial charge in [0.1, 0.15) is 0 Å². The minimum Gasteiger partial charge on any atom is -0.325 e. The summed E-state index contributed by atoms with van der Waals surface area (Å²) >= 11 is 0. The highest BCUT2D eigenvalue weighted by atomic mass is 16.1. The van der Waals surface area contributed by atoms with Crippen molar-refractivity contribution < 1.29 is 9.59 Å². The van der Waals surface area contributed by atoms with Gasteiger partial charge >= 0.3 is 0 Å². The van der Waals surface area contributed by atoms with E-state index in [1.165, 1.54) is 12.5 Å². The molecule has 3 nitrogen and oxygen atoms in total. The summed E-state index contributed by atoms with van der Waals surface area (Å²) < 4.78 is 0. The predicted molar refractivity (Wildman–Crippen MR) is 84.6 cm³/mol. The van der Waals surface area contributed by atoms with Crippen LogP contribution in [-0.4, -0.2) is 11.7 Å². The van der Waals surface area contributed by atoms with Crippen LogP contribution in [-0.2, 0) is 11.2 Å². The standard InChI is InChI=1S/C18H19NO2/c1-13-7-9-15(10-8-13)11-12-18(21)19-17-6-4-3-5-16(17)14(2)20/h3-10H,11-12H2,1-2H3,(H,19,21). The zero-order chi connectivity index (χ0) is 15.2. The van der Waals surface area contributed by atoms with Gasteiger partial charge in [-0.15, -0.1) is 0 Å². The van der Waals surface area contributed by atoms with Gasteiger partial charge in [-0.25, -0.2) is 0 Å². The Labute approximate surface area is 125 Å². The molecule has 0 heterocycles. The van der Waals surface area contributed by atoms with Gasteiger partial charge in [-0.2, -0.15) is 0 Å². The molecule has 0 spiro atoms. The van der Waals surface area contributed by atoms with E-state index in [4.69, 9.17) is 0 Å². The van der Waals surface area contributed by atoms with Crippen LogP contribution in [0.5, 0.6) is 0 Å². The van der Waals surface area contributed by atoms with Gasteiger partial charge in [-0.1, -0.05) is 42.0 Å². The van der Waals surface area contributed by atoms with E-state index in [0.29, 0.717) is 24.1 Å². The number of para-hydroxylation sites is 1. The Bertz CT molecular complexity index is 645. The Morgan fingerprint density at radius 1 is 1.00 bits per heavy atom. The number of hydrogen-bond acceptors (Lipinski definition) is 2. The van der Waals surface area contributed by atoms with Gasteiger partial charge in [0.05, 0.1) is 5.69 Å². The highest BCUT2D eigenvalue weighted by Gasteiger charge is 2.09. The van der Waals surface area contributed by atoms with Crippen LogP contribution in [0.1, 0.15) is 34.8 Å². The Morgan fingerprint density at radius 3 is 2.33 bits per heavy atom. The molecule has 0 aliphatic carbocycles. The maximum atomic E-state index is 12.0. The number of Topliss-reactive ketones (excluding diaryl/α,β-unsaturated/α-hetero) is 1. The predicted octanol–water partition coefficient (Wildman–Crippen LogP) is 3.77. The number of nitrogens with one attached hydrogen (secondary N) is 1. The van der Waals surface area contributed by atoms with Gasteiger partial charge in [0.25, 0.3) is 0 Å². The summed E-state index contributed by atoms with van der Waals surface area (Å²) in [4.78, 5) is 23.5. The lowest BCUT2D eigenvalue weighted by Crippen LogP contribution is -2.14. The first-order chi connectivity index (χ1) is 10.1. The van der Waals surface area contributed by atoms with E-state index in [1.807, 2.05) is 37.3 Å². The average molecular weight is 281 g/mol. The number of ketones is 1. The van der Waals surface area contributed by atoms with Crippen molar-refractivity contribution in [3.05, 3.63) is 65.2 Å². The summed E-state index contributed by atoms with van der Waals surface area (Å²) in [5.41, 5.74) is 3.47. The summed E-state index contributed by atoms with van der Waals surface area (Å²) in [6, 6.07) is 15.2. The summed E-state index contributed by atoms with van der Waals surface area (Å²) in [6.07, 6.45) is 1.09. The lowest BCUT2D eigenvalue weighted by atomic mass is 10.1. The van der Waals surface area contributed by atoms with Crippen molar-refractivity contribution in [2.24, 2.45) is 0 Å². The molecule has 2 aromatic rings. The zero-order valence-electron chi connectivity index (χ0n) is 12.3. The molecular formula is C18H19NO2. The van der Waals surface area contributed by atoms with Crippen molar-refractivity contribution in [3.8, 4) is 0 Å². The van der Waals surface area contributed by atoms with Gasteiger partial charge in [-0.05, 0) is 38.0 Å². The fourth-order valence-electron chi connectivity index (χ4n) is 2.12. The summed E-state index contributed by atoms with van der Waals surface area (Å²) in [5.74, 6) is -0.131. The van der Waals surface area contributed by atoms with Crippen LogP contribution in [0.4, 0.5) is 5.69 Å². The van der Waals surface area contributed by atoms with Gasteiger partial charge in [0.2, 0.25) is 5.91 Å². The third-order valence-electron chi connectivity index (χ3n) is 3.34. The molecule has 0 unspecified atom stereocenters. The van der Waals surface area contributed by atoms with Crippen molar-refractivity contribution >= 4 is 17.4 Å². The number of hydrogen-bond donors (Lipinski definition) is 1. The molecule has 1 N–H and O–H groups in total. The largest absolute Gasteiger partial charge is 0.325 e. The van der Waals surface area contributed by atoms with Gasteiger partial charge in [0, 0.05) is 12.0 Å². The second kappa shape index (κ2) is 6.84. The van der Waals surface area contributed by atoms with Crippen LogP contribution in [0.15, 0.2) is 48.5 Å². The smallest absolute Gasteiger partial charge is 0.224 e. The number of carbonyl (C=O) groups excluding carboxylic acids is 2. The first-order valence-corrected chi connectivity index (χ1v) is 7.01. The Balaban J connectivity index is 1.96. The molecule has 3 heteroatoms. The third-order valence-corrected chi connectivity index (χ3v) is 3.34. The molecule has 2 rings (SSSR count). The zero-order valence-corrected chi connectivity index (χ0v) is 12.3. The highest BCUT2D eigenvalue weighted by molar-refractivity contribution is 6.03. The molecule has 0 aromatic heterocycles. The molecule has 0 radical (unpaired) electrons. The number of carbonyl (C=O) groups is 2. The molecular weight excluding hydrogens is 262 g/mol. The second-order valence-electron chi connectivity index (χ2n) is 5.14. The topological polar surface area (TPSA) is 46.2 Å². The molecule has 2 aromatic carbocycles. The van der Waals surface area contributed by atoms with E-state index in [2.05, 4.69) is 5.32 Å². The Hall–Kier alpha value is -2.42. The van der Waals surface area contributed by atoms with E-state index >= 15 is 0 Å². The van der Waals surface area contributed by atoms with Crippen molar-refractivity contribution in [3.63, 3.8) is 0 Å². The van der Waals surface area contributed by atoms with Crippen molar-refractivity contribution in [1.82, 2.24) is 0 Å². The molecule has 0 fully saturated rings. The fourth-order valence-corrected chi connectivity index (χ4v) is 2.12. The molecule has 1 amide bonds.